The van der Waals surface area contributed by atoms with Gasteiger partial charge in [-0.15, -0.1) is 0 Å². The largest absolute Gasteiger partial charge is 0.365 e. The van der Waals surface area contributed by atoms with Crippen LogP contribution < -0.4 is 5.32 Å². The molecule has 0 heterocycles. The molecule has 2 rings (SSSR count). The van der Waals surface area contributed by atoms with E-state index >= 15 is 0 Å². The van der Waals surface area contributed by atoms with Crippen molar-refractivity contribution < 1.29 is 14.4 Å². The van der Waals surface area contributed by atoms with Crippen molar-refractivity contribution in [1.82, 2.24) is 5.32 Å². The maximum absolute atomic E-state index is 11.8. The molecule has 1 N–H and O–H groups in total. The van der Waals surface area contributed by atoms with Crippen LogP contribution in [0.1, 0.15) is 22.8 Å². The van der Waals surface area contributed by atoms with Crippen molar-refractivity contribution in [3.8, 4) is 0 Å². The van der Waals surface area contributed by atoms with Gasteiger partial charge in [-0.3, -0.25) is 4.79 Å². The summed E-state index contributed by atoms with van der Waals surface area (Å²) in [4.78, 5) is 27.9. The molecule has 5 nitrogen and oxygen atoms in total. The van der Waals surface area contributed by atoms with Crippen molar-refractivity contribution in [1.29, 1.82) is 0 Å². The van der Waals surface area contributed by atoms with Crippen molar-refractivity contribution in [3.63, 3.8) is 0 Å². The number of hydrogen-bond acceptors (Lipinski definition) is 4. The van der Waals surface area contributed by atoms with E-state index in [1.807, 2.05) is 6.07 Å². The first kappa shape index (κ1) is 14.5. The molecular formula is C16H14N2O3. The Morgan fingerprint density at radius 2 is 1.43 bits per heavy atom. The fourth-order valence-corrected chi connectivity index (χ4v) is 1.62. The monoisotopic (exact) mass is 282 g/mol. The summed E-state index contributed by atoms with van der Waals surface area (Å²) in [6.07, 6.45) is 0. The lowest BCUT2D eigenvalue weighted by Gasteiger charge is -2.06. The summed E-state index contributed by atoms with van der Waals surface area (Å²) in [5.74, 6) is -0.699. The minimum absolute atomic E-state index is 0.187. The van der Waals surface area contributed by atoms with Gasteiger partial charge in [0.05, 0.1) is 5.56 Å². The molecule has 2 aromatic carbocycles. The van der Waals surface area contributed by atoms with Crippen LogP contribution in [0.4, 0.5) is 0 Å². The average Bonchev–Trinajstić information content (AvgIpc) is 2.52. The van der Waals surface area contributed by atoms with Gasteiger partial charge < -0.3 is 10.2 Å². The number of amidine groups is 1. The van der Waals surface area contributed by atoms with Crippen LogP contribution in [0.3, 0.4) is 0 Å². The molecule has 0 atom stereocenters. The normalized spacial score (nSPS) is 10.8. The third-order valence-electron chi connectivity index (χ3n) is 2.57. The molecule has 0 aromatic heterocycles. The van der Waals surface area contributed by atoms with E-state index in [9.17, 15) is 9.59 Å². The summed E-state index contributed by atoms with van der Waals surface area (Å²) in [6, 6.07) is 17.4. The Balaban J connectivity index is 2.17. The highest BCUT2D eigenvalue weighted by molar-refractivity contribution is 6.07. The summed E-state index contributed by atoms with van der Waals surface area (Å²) in [6.45, 7) is 1.36. The Morgan fingerprint density at radius 3 is 1.95 bits per heavy atom. The van der Waals surface area contributed by atoms with Crippen LogP contribution in [-0.4, -0.2) is 17.7 Å². The molecule has 5 heteroatoms. The van der Waals surface area contributed by atoms with Crippen molar-refractivity contribution in [2.24, 2.45) is 5.16 Å². The van der Waals surface area contributed by atoms with Crippen LogP contribution in [0.25, 0.3) is 0 Å². The quantitative estimate of drug-likeness (QED) is 0.406. The molecule has 2 aromatic rings. The van der Waals surface area contributed by atoms with Gasteiger partial charge in [0.2, 0.25) is 5.91 Å². The number of carbonyl (C=O) groups is 2. The SMILES string of the molecule is CC(=O)N/C(=N\OC(=O)c1ccccc1)c1ccccc1. The van der Waals surface area contributed by atoms with Crippen molar-refractivity contribution in [2.75, 3.05) is 0 Å². The summed E-state index contributed by atoms with van der Waals surface area (Å²) < 4.78 is 0. The van der Waals surface area contributed by atoms with E-state index in [0.29, 0.717) is 11.1 Å². The highest BCUT2D eigenvalue weighted by atomic mass is 16.7. The van der Waals surface area contributed by atoms with Gasteiger partial charge in [-0.05, 0) is 12.1 Å². The standard InChI is InChI=1S/C16H14N2O3/c1-12(19)17-15(13-8-4-2-5-9-13)18-21-16(20)14-10-6-3-7-11-14/h2-11H,1H3,(H,17,18,19). The second-order valence-electron chi connectivity index (χ2n) is 4.23. The zero-order valence-electron chi connectivity index (χ0n) is 11.4. The van der Waals surface area contributed by atoms with E-state index in [2.05, 4.69) is 10.5 Å². The number of amides is 1. The number of nitrogens with one attached hydrogen (secondary N) is 1. The molecule has 106 valence electrons. The predicted molar refractivity (Wildman–Crippen MR) is 78.7 cm³/mol. The van der Waals surface area contributed by atoms with Gasteiger partial charge in [-0.25, -0.2) is 4.79 Å². The smallest absolute Gasteiger partial charge is 0.311 e. The number of benzene rings is 2. The predicted octanol–water partition coefficient (Wildman–Crippen LogP) is 2.34. The number of carbonyl (C=O) groups excluding carboxylic acids is 2. The second kappa shape index (κ2) is 7.00. The van der Waals surface area contributed by atoms with Crippen LogP contribution in [0.15, 0.2) is 65.8 Å². The van der Waals surface area contributed by atoms with E-state index in [1.165, 1.54) is 6.92 Å². The van der Waals surface area contributed by atoms with Gasteiger partial charge in [0.15, 0.2) is 5.84 Å². The van der Waals surface area contributed by atoms with Crippen molar-refractivity contribution >= 4 is 17.7 Å². The molecule has 0 aliphatic carbocycles. The molecule has 0 aliphatic rings. The van der Waals surface area contributed by atoms with Crippen LogP contribution in [-0.2, 0) is 9.63 Å². The number of rotatable bonds is 3. The lowest BCUT2D eigenvalue weighted by molar-refractivity contribution is -0.117. The van der Waals surface area contributed by atoms with Crippen molar-refractivity contribution in [3.05, 3.63) is 71.8 Å². The summed E-state index contributed by atoms with van der Waals surface area (Å²) >= 11 is 0. The van der Waals surface area contributed by atoms with E-state index in [1.54, 1.807) is 54.6 Å². The van der Waals surface area contributed by atoms with E-state index < -0.39 is 5.97 Å². The molecule has 21 heavy (non-hydrogen) atoms. The highest BCUT2D eigenvalue weighted by Crippen LogP contribution is 2.04. The third kappa shape index (κ3) is 4.28. The molecule has 0 bridgehead atoms. The molecular weight excluding hydrogens is 268 g/mol. The highest BCUT2D eigenvalue weighted by Gasteiger charge is 2.09. The lowest BCUT2D eigenvalue weighted by Crippen LogP contribution is -2.29. The molecule has 1 amide bonds. The van der Waals surface area contributed by atoms with Crippen LogP contribution in [0, 0.1) is 0 Å². The minimum atomic E-state index is -0.589. The van der Waals surface area contributed by atoms with Gasteiger partial charge >= 0.3 is 5.97 Å². The molecule has 0 saturated heterocycles. The summed E-state index contributed by atoms with van der Waals surface area (Å²) in [7, 11) is 0. The van der Waals surface area contributed by atoms with E-state index in [-0.39, 0.29) is 11.7 Å². The molecule has 0 radical (unpaired) electrons. The third-order valence-corrected chi connectivity index (χ3v) is 2.57. The average molecular weight is 282 g/mol. The fourth-order valence-electron chi connectivity index (χ4n) is 1.62. The topological polar surface area (TPSA) is 67.8 Å². The van der Waals surface area contributed by atoms with Gasteiger partial charge in [-0.1, -0.05) is 53.7 Å². The number of hydrogen-bond donors (Lipinski definition) is 1. The molecule has 0 aliphatic heterocycles. The Bertz CT molecular complexity index is 652. The molecule has 0 unspecified atom stereocenters. The molecule has 0 spiro atoms. The Morgan fingerprint density at radius 1 is 0.905 bits per heavy atom. The molecule has 0 saturated carbocycles. The Hall–Kier alpha value is -2.95. The zero-order chi connectivity index (χ0) is 15.1. The Kier molecular flexibility index (Phi) is 4.82. The summed E-state index contributed by atoms with van der Waals surface area (Å²) in [5.41, 5.74) is 1.03. The second-order valence-corrected chi connectivity index (χ2v) is 4.23. The van der Waals surface area contributed by atoms with Crippen LogP contribution >= 0.6 is 0 Å². The first-order chi connectivity index (χ1) is 10.2. The maximum atomic E-state index is 11.8. The minimum Gasteiger partial charge on any atom is -0.311 e. The fraction of sp³-hybridized carbons (Fsp3) is 0.0625. The maximum Gasteiger partial charge on any atom is 0.365 e. The van der Waals surface area contributed by atoms with Crippen molar-refractivity contribution in [2.45, 2.75) is 6.92 Å². The van der Waals surface area contributed by atoms with Crippen LogP contribution in [0.2, 0.25) is 0 Å². The first-order valence-electron chi connectivity index (χ1n) is 6.34. The number of nitrogens with zero attached hydrogens (tertiary/aromatic N) is 1. The Labute approximate surface area is 122 Å². The lowest BCUT2D eigenvalue weighted by atomic mass is 10.2. The van der Waals surface area contributed by atoms with Gasteiger partial charge in [0.25, 0.3) is 0 Å². The van der Waals surface area contributed by atoms with Gasteiger partial charge in [0.1, 0.15) is 0 Å². The summed E-state index contributed by atoms with van der Waals surface area (Å²) in [5, 5.41) is 6.28. The molecule has 0 fully saturated rings. The van der Waals surface area contributed by atoms with Crippen LogP contribution in [0.5, 0.6) is 0 Å². The first-order valence-corrected chi connectivity index (χ1v) is 6.34. The van der Waals surface area contributed by atoms with Gasteiger partial charge in [-0.2, -0.15) is 0 Å². The number of oxime groups is 1. The van der Waals surface area contributed by atoms with E-state index in [4.69, 9.17) is 4.84 Å². The zero-order valence-corrected chi connectivity index (χ0v) is 11.4. The van der Waals surface area contributed by atoms with E-state index in [0.717, 1.165) is 0 Å². The van der Waals surface area contributed by atoms with Gasteiger partial charge in [0, 0.05) is 12.5 Å².